The van der Waals surface area contributed by atoms with Crippen LogP contribution in [0.4, 0.5) is 8.78 Å². The molecular formula is C15H18F2N2O2. The van der Waals surface area contributed by atoms with Crippen molar-refractivity contribution in [3.63, 3.8) is 0 Å². The molecule has 1 aromatic rings. The lowest BCUT2D eigenvalue weighted by molar-refractivity contribution is -0.121. The second-order valence-corrected chi connectivity index (χ2v) is 5.21. The first-order valence-electron chi connectivity index (χ1n) is 7.09. The molecule has 1 aromatic carbocycles. The van der Waals surface area contributed by atoms with Crippen molar-refractivity contribution in [2.24, 2.45) is 0 Å². The first-order chi connectivity index (χ1) is 10.1. The van der Waals surface area contributed by atoms with Crippen molar-refractivity contribution in [2.75, 3.05) is 6.54 Å². The molecule has 1 aliphatic carbocycles. The molecule has 21 heavy (non-hydrogen) atoms. The van der Waals surface area contributed by atoms with Crippen molar-refractivity contribution in [2.45, 2.75) is 38.1 Å². The molecular weight excluding hydrogens is 278 g/mol. The monoisotopic (exact) mass is 296 g/mol. The van der Waals surface area contributed by atoms with Gasteiger partial charge in [0.05, 0.1) is 6.54 Å². The Bertz CT molecular complexity index is 528. The molecule has 0 saturated heterocycles. The molecule has 4 nitrogen and oxygen atoms in total. The van der Waals surface area contributed by atoms with Crippen molar-refractivity contribution in [3.8, 4) is 0 Å². The van der Waals surface area contributed by atoms with Gasteiger partial charge in [-0.2, -0.15) is 0 Å². The highest BCUT2D eigenvalue weighted by Crippen LogP contribution is 2.17. The molecule has 2 rings (SSSR count). The van der Waals surface area contributed by atoms with Crippen LogP contribution in [0.1, 0.15) is 42.5 Å². The Morgan fingerprint density at radius 2 is 1.81 bits per heavy atom. The summed E-state index contributed by atoms with van der Waals surface area (Å²) in [7, 11) is 0. The lowest BCUT2D eigenvalue weighted by atomic mass is 9.95. The van der Waals surface area contributed by atoms with E-state index in [-0.39, 0.29) is 24.1 Å². The van der Waals surface area contributed by atoms with Crippen LogP contribution < -0.4 is 10.6 Å². The molecule has 1 aliphatic rings. The van der Waals surface area contributed by atoms with E-state index >= 15 is 0 Å². The highest BCUT2D eigenvalue weighted by atomic mass is 19.2. The van der Waals surface area contributed by atoms with Crippen molar-refractivity contribution in [3.05, 3.63) is 35.4 Å². The minimum Gasteiger partial charge on any atom is -0.352 e. The van der Waals surface area contributed by atoms with E-state index < -0.39 is 17.5 Å². The van der Waals surface area contributed by atoms with Gasteiger partial charge in [0.15, 0.2) is 11.6 Å². The summed E-state index contributed by atoms with van der Waals surface area (Å²) >= 11 is 0. The van der Waals surface area contributed by atoms with Crippen LogP contribution >= 0.6 is 0 Å². The molecule has 0 aliphatic heterocycles. The average Bonchev–Trinajstić information content (AvgIpc) is 2.48. The fraction of sp³-hybridized carbons (Fsp3) is 0.467. The number of carbonyl (C=O) groups is 2. The average molecular weight is 296 g/mol. The Balaban J connectivity index is 1.80. The van der Waals surface area contributed by atoms with Gasteiger partial charge < -0.3 is 10.6 Å². The molecule has 0 unspecified atom stereocenters. The highest BCUT2D eigenvalue weighted by molar-refractivity contribution is 5.96. The molecule has 0 heterocycles. The molecule has 0 radical (unpaired) electrons. The summed E-state index contributed by atoms with van der Waals surface area (Å²) < 4.78 is 25.8. The van der Waals surface area contributed by atoms with Crippen LogP contribution in [0.15, 0.2) is 18.2 Å². The van der Waals surface area contributed by atoms with Gasteiger partial charge in [-0.15, -0.1) is 0 Å². The number of halogens is 2. The summed E-state index contributed by atoms with van der Waals surface area (Å²) in [6.45, 7) is -0.172. The van der Waals surface area contributed by atoms with Crippen LogP contribution in [0, 0.1) is 11.6 Å². The number of hydrogen-bond donors (Lipinski definition) is 2. The predicted octanol–water partition coefficient (Wildman–Crippen LogP) is 2.14. The van der Waals surface area contributed by atoms with Crippen LogP contribution in [0.5, 0.6) is 0 Å². The van der Waals surface area contributed by atoms with Gasteiger partial charge in [-0.05, 0) is 31.0 Å². The molecule has 2 amide bonds. The summed E-state index contributed by atoms with van der Waals surface area (Å²) in [5.74, 6) is -2.97. The Morgan fingerprint density at radius 3 is 2.48 bits per heavy atom. The van der Waals surface area contributed by atoms with E-state index in [1.54, 1.807) is 0 Å². The third-order valence-electron chi connectivity index (χ3n) is 3.56. The van der Waals surface area contributed by atoms with Gasteiger partial charge in [0.2, 0.25) is 5.91 Å². The fourth-order valence-electron chi connectivity index (χ4n) is 2.43. The topological polar surface area (TPSA) is 58.2 Å². The van der Waals surface area contributed by atoms with Crippen molar-refractivity contribution in [1.82, 2.24) is 10.6 Å². The van der Waals surface area contributed by atoms with Crippen molar-refractivity contribution < 1.29 is 18.4 Å². The van der Waals surface area contributed by atoms with Crippen LogP contribution in [-0.2, 0) is 4.79 Å². The fourth-order valence-corrected chi connectivity index (χ4v) is 2.43. The normalized spacial score (nSPS) is 15.5. The first kappa shape index (κ1) is 15.4. The molecule has 114 valence electrons. The number of carbonyl (C=O) groups excluding carboxylic acids is 2. The van der Waals surface area contributed by atoms with Gasteiger partial charge >= 0.3 is 0 Å². The highest BCUT2D eigenvalue weighted by Gasteiger charge is 2.16. The standard InChI is InChI=1S/C15H18F2N2O2/c16-12-7-6-10(8-13(12)17)15(21)18-9-14(20)19-11-4-2-1-3-5-11/h6-8,11H,1-5,9H2,(H,18,21)(H,19,20). The molecule has 0 atom stereocenters. The lowest BCUT2D eigenvalue weighted by Gasteiger charge is -2.22. The minimum absolute atomic E-state index is 0.0145. The van der Waals surface area contributed by atoms with Gasteiger partial charge in [-0.3, -0.25) is 9.59 Å². The maximum Gasteiger partial charge on any atom is 0.251 e. The molecule has 1 saturated carbocycles. The Hall–Kier alpha value is -1.98. The van der Waals surface area contributed by atoms with Gasteiger partial charge in [0.1, 0.15) is 0 Å². The van der Waals surface area contributed by atoms with E-state index in [0.29, 0.717) is 0 Å². The van der Waals surface area contributed by atoms with Crippen molar-refractivity contribution >= 4 is 11.8 Å². The maximum atomic E-state index is 13.0. The number of nitrogens with one attached hydrogen (secondary N) is 2. The van der Waals surface area contributed by atoms with Crippen LogP contribution in [0.2, 0.25) is 0 Å². The molecule has 6 heteroatoms. The van der Waals surface area contributed by atoms with E-state index in [1.165, 1.54) is 12.5 Å². The van der Waals surface area contributed by atoms with Crippen molar-refractivity contribution in [1.29, 1.82) is 0 Å². The zero-order chi connectivity index (χ0) is 15.2. The zero-order valence-corrected chi connectivity index (χ0v) is 11.6. The summed E-state index contributed by atoms with van der Waals surface area (Å²) in [6.07, 6.45) is 5.32. The van der Waals surface area contributed by atoms with E-state index in [1.807, 2.05) is 0 Å². The first-order valence-corrected chi connectivity index (χ1v) is 7.09. The second kappa shape index (κ2) is 7.15. The number of benzene rings is 1. The molecule has 2 N–H and O–H groups in total. The molecule has 0 bridgehead atoms. The minimum atomic E-state index is -1.09. The van der Waals surface area contributed by atoms with E-state index in [0.717, 1.165) is 37.8 Å². The zero-order valence-electron chi connectivity index (χ0n) is 11.6. The summed E-state index contributed by atoms with van der Waals surface area (Å²) in [5, 5.41) is 5.25. The predicted molar refractivity (Wildman–Crippen MR) is 73.7 cm³/mol. The largest absolute Gasteiger partial charge is 0.352 e. The molecule has 1 fully saturated rings. The number of rotatable bonds is 4. The molecule has 0 spiro atoms. The van der Waals surface area contributed by atoms with Crippen LogP contribution in [0.3, 0.4) is 0 Å². The second-order valence-electron chi connectivity index (χ2n) is 5.21. The Morgan fingerprint density at radius 1 is 1.10 bits per heavy atom. The number of hydrogen-bond acceptors (Lipinski definition) is 2. The third kappa shape index (κ3) is 4.51. The van der Waals surface area contributed by atoms with Gasteiger partial charge in [0.25, 0.3) is 5.91 Å². The summed E-state index contributed by atoms with van der Waals surface area (Å²) in [5.41, 5.74) is -0.0145. The molecule has 0 aromatic heterocycles. The Kier molecular flexibility index (Phi) is 5.25. The SMILES string of the molecule is O=C(CNC(=O)c1ccc(F)c(F)c1)NC1CCCCC1. The summed E-state index contributed by atoms with van der Waals surface area (Å²) in [6, 6.07) is 3.04. The summed E-state index contributed by atoms with van der Waals surface area (Å²) in [4.78, 5) is 23.4. The number of amides is 2. The van der Waals surface area contributed by atoms with E-state index in [4.69, 9.17) is 0 Å². The Labute approximate surface area is 121 Å². The van der Waals surface area contributed by atoms with Crippen LogP contribution in [-0.4, -0.2) is 24.4 Å². The van der Waals surface area contributed by atoms with E-state index in [9.17, 15) is 18.4 Å². The third-order valence-corrected chi connectivity index (χ3v) is 3.56. The maximum absolute atomic E-state index is 13.0. The van der Waals surface area contributed by atoms with Gasteiger partial charge in [-0.25, -0.2) is 8.78 Å². The van der Waals surface area contributed by atoms with E-state index in [2.05, 4.69) is 10.6 Å². The van der Waals surface area contributed by atoms with Gasteiger partial charge in [-0.1, -0.05) is 19.3 Å². The lowest BCUT2D eigenvalue weighted by Crippen LogP contribution is -2.42. The van der Waals surface area contributed by atoms with Gasteiger partial charge in [0, 0.05) is 11.6 Å². The van der Waals surface area contributed by atoms with Crippen LogP contribution in [0.25, 0.3) is 0 Å². The quantitative estimate of drug-likeness (QED) is 0.894. The smallest absolute Gasteiger partial charge is 0.251 e.